The van der Waals surface area contributed by atoms with E-state index in [-0.39, 0.29) is 0 Å². The summed E-state index contributed by atoms with van der Waals surface area (Å²) in [5.41, 5.74) is 9.96. The second-order valence-corrected chi connectivity index (χ2v) is 6.24. The van der Waals surface area contributed by atoms with E-state index in [2.05, 4.69) is 46.1 Å². The number of aromatic nitrogens is 2. The van der Waals surface area contributed by atoms with Gasteiger partial charge in [-0.1, -0.05) is 67.2 Å². The van der Waals surface area contributed by atoms with Crippen molar-refractivity contribution in [2.45, 2.75) is 0 Å². The maximum absolute atomic E-state index is 6.00. The molecule has 5 nitrogen and oxygen atoms in total. The van der Waals surface area contributed by atoms with Crippen LogP contribution in [-0.2, 0) is 0 Å². The number of hydrogen-bond donors (Lipinski definition) is 2. The Morgan fingerprint density at radius 2 is 1.44 bits per heavy atom. The molecule has 0 amide bonds. The fraction of sp³-hybridized carbons (Fsp3) is 0.0909. The molecule has 0 radical (unpaired) electrons. The highest BCUT2D eigenvalue weighted by atomic mass is 15.2. The van der Waals surface area contributed by atoms with Crippen LogP contribution < -0.4 is 11.1 Å². The molecule has 3 N–H and O–H groups in total. The van der Waals surface area contributed by atoms with Gasteiger partial charge in [0.1, 0.15) is 5.82 Å². The molecule has 136 valence electrons. The van der Waals surface area contributed by atoms with Crippen molar-refractivity contribution in [1.29, 1.82) is 0 Å². The van der Waals surface area contributed by atoms with Gasteiger partial charge in [-0.25, -0.2) is 9.97 Å². The number of hydrogen-bond acceptors (Lipinski definition) is 5. The minimum Gasteiger partial charge on any atom is -0.381 e. The molecule has 3 rings (SSSR count). The summed E-state index contributed by atoms with van der Waals surface area (Å²) >= 11 is 0. The summed E-state index contributed by atoms with van der Waals surface area (Å²) in [6, 6.07) is 20.3. The summed E-state index contributed by atoms with van der Waals surface area (Å²) in [6.07, 6.45) is 3.18. The minimum atomic E-state index is 0.342. The second-order valence-electron chi connectivity index (χ2n) is 6.24. The Kier molecular flexibility index (Phi) is 5.52. The van der Waals surface area contributed by atoms with Crippen LogP contribution in [-0.4, -0.2) is 29.0 Å². The first-order chi connectivity index (χ1) is 13.1. The molecule has 0 saturated carbocycles. The van der Waals surface area contributed by atoms with Crippen LogP contribution in [0.5, 0.6) is 0 Å². The zero-order valence-corrected chi connectivity index (χ0v) is 15.6. The lowest BCUT2D eigenvalue weighted by Crippen LogP contribution is -2.22. The highest BCUT2D eigenvalue weighted by molar-refractivity contribution is 6.05. The van der Waals surface area contributed by atoms with Gasteiger partial charge >= 0.3 is 0 Å². The Hall–Kier alpha value is -3.60. The van der Waals surface area contributed by atoms with Crippen molar-refractivity contribution in [3.05, 3.63) is 96.6 Å². The predicted molar refractivity (Wildman–Crippen MR) is 113 cm³/mol. The maximum Gasteiger partial charge on any atom is 0.174 e. The average Bonchev–Trinajstić information content (AvgIpc) is 2.70. The van der Waals surface area contributed by atoms with Crippen LogP contribution >= 0.6 is 0 Å². The van der Waals surface area contributed by atoms with Crippen LogP contribution in [0.15, 0.2) is 85.5 Å². The number of allylic oxidation sites excluding steroid dienone is 2. The first-order valence-corrected chi connectivity index (χ1v) is 8.63. The second kappa shape index (κ2) is 8.19. The molecule has 1 aromatic heterocycles. The minimum absolute atomic E-state index is 0.342. The van der Waals surface area contributed by atoms with Gasteiger partial charge in [-0.3, -0.25) is 0 Å². The molecule has 5 heteroatoms. The maximum atomic E-state index is 6.00. The lowest BCUT2D eigenvalue weighted by Gasteiger charge is -2.25. The molecule has 1 heterocycles. The normalized spacial score (nSPS) is 11.5. The van der Waals surface area contributed by atoms with Crippen LogP contribution in [0.25, 0.3) is 11.1 Å². The summed E-state index contributed by atoms with van der Waals surface area (Å²) in [6.45, 7) is 4.38. The third kappa shape index (κ3) is 4.15. The van der Waals surface area contributed by atoms with Crippen LogP contribution in [0.4, 0.5) is 11.6 Å². The molecule has 0 atom stereocenters. The number of rotatable bonds is 6. The lowest BCUT2D eigenvalue weighted by molar-refractivity contribution is 0.520. The number of nitrogen functional groups attached to an aromatic ring is 1. The fourth-order valence-corrected chi connectivity index (χ4v) is 2.80. The van der Waals surface area contributed by atoms with E-state index in [4.69, 9.17) is 5.73 Å². The van der Waals surface area contributed by atoms with Crippen LogP contribution in [0, 0.1) is 0 Å². The highest BCUT2D eigenvalue weighted by Gasteiger charge is 2.17. The third-order valence-corrected chi connectivity index (χ3v) is 4.13. The zero-order valence-electron chi connectivity index (χ0n) is 15.6. The summed E-state index contributed by atoms with van der Waals surface area (Å²) in [7, 11) is 3.94. The van der Waals surface area contributed by atoms with Gasteiger partial charge in [0.25, 0.3) is 0 Å². The standard InChI is InChI=1S/C22H23N5/c1-16(17-10-6-4-7-11-17)19(18-12-8-5-9-13-18)22(27(2)3)26-21-20(23)24-14-15-25-21/h4-15H,1H2,2-3H3,(H2,23,24)(H,25,26)/b22-19+. The molecule has 0 fully saturated rings. The quantitative estimate of drug-likeness (QED) is 0.650. The number of nitrogens with one attached hydrogen (secondary N) is 1. The van der Waals surface area contributed by atoms with E-state index < -0.39 is 0 Å². The monoisotopic (exact) mass is 357 g/mol. The SMILES string of the molecule is C=C(/C(=C(/Nc1nccnc1N)N(C)C)c1ccccc1)c1ccccc1. The van der Waals surface area contributed by atoms with Crippen molar-refractivity contribution in [3.63, 3.8) is 0 Å². The van der Waals surface area contributed by atoms with E-state index in [1.165, 1.54) is 0 Å². The van der Waals surface area contributed by atoms with Gasteiger partial charge < -0.3 is 16.0 Å². The van der Waals surface area contributed by atoms with Crippen molar-refractivity contribution < 1.29 is 0 Å². The molecule has 0 unspecified atom stereocenters. The molecule has 2 aromatic carbocycles. The zero-order chi connectivity index (χ0) is 19.2. The molecule has 0 spiro atoms. The Morgan fingerprint density at radius 1 is 0.889 bits per heavy atom. The van der Waals surface area contributed by atoms with Gasteiger partial charge in [0.2, 0.25) is 0 Å². The summed E-state index contributed by atoms with van der Waals surface area (Å²) in [4.78, 5) is 10.4. The Labute approximate surface area is 159 Å². The number of anilines is 2. The van der Waals surface area contributed by atoms with E-state index in [0.717, 1.165) is 28.1 Å². The topological polar surface area (TPSA) is 67.1 Å². The molecule has 0 aliphatic carbocycles. The molecule has 3 aromatic rings. The van der Waals surface area contributed by atoms with Crippen molar-refractivity contribution in [2.24, 2.45) is 0 Å². The Morgan fingerprint density at radius 3 is 2.00 bits per heavy atom. The number of nitrogens with two attached hydrogens (primary N) is 1. The summed E-state index contributed by atoms with van der Waals surface area (Å²) in [5, 5.41) is 3.34. The van der Waals surface area contributed by atoms with E-state index >= 15 is 0 Å². The molecule has 0 aliphatic heterocycles. The van der Waals surface area contributed by atoms with Gasteiger partial charge in [-0.2, -0.15) is 0 Å². The van der Waals surface area contributed by atoms with Gasteiger partial charge in [-0.05, 0) is 16.7 Å². The van der Waals surface area contributed by atoms with Crippen molar-refractivity contribution in [3.8, 4) is 0 Å². The van der Waals surface area contributed by atoms with Gasteiger partial charge in [0, 0.05) is 32.1 Å². The van der Waals surface area contributed by atoms with E-state index in [1.54, 1.807) is 12.4 Å². The van der Waals surface area contributed by atoms with Crippen LogP contribution in [0.2, 0.25) is 0 Å². The fourth-order valence-electron chi connectivity index (χ4n) is 2.80. The van der Waals surface area contributed by atoms with Crippen molar-refractivity contribution in [1.82, 2.24) is 14.9 Å². The molecule has 27 heavy (non-hydrogen) atoms. The predicted octanol–water partition coefficient (Wildman–Crippen LogP) is 4.11. The molecular weight excluding hydrogens is 334 g/mol. The molecule has 0 bridgehead atoms. The first kappa shape index (κ1) is 18.2. The van der Waals surface area contributed by atoms with Gasteiger partial charge in [-0.15, -0.1) is 0 Å². The largest absolute Gasteiger partial charge is 0.381 e. The van der Waals surface area contributed by atoms with Crippen LogP contribution in [0.3, 0.4) is 0 Å². The van der Waals surface area contributed by atoms with E-state index in [0.29, 0.717) is 11.6 Å². The molecule has 0 saturated heterocycles. The van der Waals surface area contributed by atoms with Crippen LogP contribution in [0.1, 0.15) is 11.1 Å². The van der Waals surface area contributed by atoms with Crippen molar-refractivity contribution >= 4 is 22.8 Å². The molecule has 0 aliphatic rings. The average molecular weight is 357 g/mol. The van der Waals surface area contributed by atoms with Gasteiger partial charge in [0.05, 0.1) is 0 Å². The smallest absolute Gasteiger partial charge is 0.174 e. The summed E-state index contributed by atoms with van der Waals surface area (Å²) < 4.78 is 0. The first-order valence-electron chi connectivity index (χ1n) is 8.63. The van der Waals surface area contributed by atoms with Gasteiger partial charge in [0.15, 0.2) is 11.6 Å². The Bertz CT molecular complexity index is 947. The number of nitrogens with zero attached hydrogens (tertiary/aromatic N) is 3. The van der Waals surface area contributed by atoms with Crippen molar-refractivity contribution in [2.75, 3.05) is 25.1 Å². The Balaban J connectivity index is 2.18. The molecular formula is C22H23N5. The number of benzene rings is 2. The summed E-state index contributed by atoms with van der Waals surface area (Å²) in [5.74, 6) is 1.69. The lowest BCUT2D eigenvalue weighted by atomic mass is 9.93. The van der Waals surface area contributed by atoms with E-state index in [1.807, 2.05) is 55.4 Å². The third-order valence-electron chi connectivity index (χ3n) is 4.13. The van der Waals surface area contributed by atoms with E-state index in [9.17, 15) is 0 Å². The highest BCUT2D eigenvalue weighted by Crippen LogP contribution is 2.33.